The standard InChI is InChI=1S/C13H17ClFN3O.ClH/c14-11-5-10(15)1-2-12(11)17-13(19)8-18-4-3-9(6-16)7-18;/h1-2,5,9H,3-4,6-8,16H2,(H,17,19);1H. The highest BCUT2D eigenvalue weighted by molar-refractivity contribution is 6.33. The van der Waals surface area contributed by atoms with Crippen LogP contribution in [0.15, 0.2) is 18.2 Å². The highest BCUT2D eigenvalue weighted by Crippen LogP contribution is 2.22. The number of benzene rings is 1. The Kier molecular flexibility index (Phi) is 6.68. The molecule has 112 valence electrons. The molecule has 1 aromatic carbocycles. The maximum Gasteiger partial charge on any atom is 0.238 e. The average Bonchev–Trinajstić information content (AvgIpc) is 2.80. The number of likely N-dealkylation sites (tertiary alicyclic amines) is 1. The van der Waals surface area contributed by atoms with E-state index in [4.69, 9.17) is 17.3 Å². The van der Waals surface area contributed by atoms with E-state index >= 15 is 0 Å². The van der Waals surface area contributed by atoms with Crippen molar-refractivity contribution >= 4 is 35.6 Å². The van der Waals surface area contributed by atoms with Crippen LogP contribution in [-0.2, 0) is 4.79 Å². The van der Waals surface area contributed by atoms with Gasteiger partial charge in [-0.05, 0) is 43.6 Å². The van der Waals surface area contributed by atoms with Gasteiger partial charge >= 0.3 is 0 Å². The second kappa shape index (κ2) is 7.78. The normalized spacial score (nSPS) is 18.6. The number of rotatable bonds is 4. The van der Waals surface area contributed by atoms with Crippen molar-refractivity contribution in [2.24, 2.45) is 11.7 Å². The summed E-state index contributed by atoms with van der Waals surface area (Å²) in [5, 5.41) is 2.89. The second-order valence-electron chi connectivity index (χ2n) is 4.80. The van der Waals surface area contributed by atoms with Gasteiger partial charge < -0.3 is 11.1 Å². The van der Waals surface area contributed by atoms with E-state index in [0.29, 0.717) is 24.7 Å². The van der Waals surface area contributed by atoms with Crippen LogP contribution >= 0.6 is 24.0 Å². The number of amides is 1. The minimum absolute atomic E-state index is 0. The Morgan fingerprint density at radius 1 is 1.55 bits per heavy atom. The summed E-state index contributed by atoms with van der Waals surface area (Å²) in [6.45, 7) is 2.69. The molecule has 0 radical (unpaired) electrons. The predicted molar refractivity (Wildman–Crippen MR) is 80.9 cm³/mol. The zero-order valence-electron chi connectivity index (χ0n) is 10.9. The number of nitrogens with two attached hydrogens (primary N) is 1. The van der Waals surface area contributed by atoms with Crippen LogP contribution < -0.4 is 11.1 Å². The third-order valence-electron chi connectivity index (χ3n) is 3.28. The van der Waals surface area contributed by atoms with E-state index in [1.54, 1.807) is 0 Å². The SMILES string of the molecule is Cl.NCC1CCN(CC(=O)Nc2ccc(F)cc2Cl)C1. The third kappa shape index (κ3) is 4.59. The van der Waals surface area contributed by atoms with Crippen molar-refractivity contribution in [3.8, 4) is 0 Å². The summed E-state index contributed by atoms with van der Waals surface area (Å²) in [5.74, 6) is -0.0956. The van der Waals surface area contributed by atoms with Gasteiger partial charge in [-0.15, -0.1) is 12.4 Å². The quantitative estimate of drug-likeness (QED) is 0.893. The lowest BCUT2D eigenvalue weighted by molar-refractivity contribution is -0.117. The first-order valence-corrected chi connectivity index (χ1v) is 6.63. The number of anilines is 1. The van der Waals surface area contributed by atoms with Crippen molar-refractivity contribution in [2.45, 2.75) is 6.42 Å². The summed E-state index contributed by atoms with van der Waals surface area (Å²) < 4.78 is 12.9. The Morgan fingerprint density at radius 3 is 2.90 bits per heavy atom. The lowest BCUT2D eigenvalue weighted by Crippen LogP contribution is -2.32. The van der Waals surface area contributed by atoms with Crippen molar-refractivity contribution < 1.29 is 9.18 Å². The first-order chi connectivity index (χ1) is 9.08. The number of carbonyl (C=O) groups is 1. The lowest BCUT2D eigenvalue weighted by Gasteiger charge is -2.15. The fourth-order valence-electron chi connectivity index (χ4n) is 2.23. The number of carbonyl (C=O) groups excluding carboxylic acids is 1. The molecule has 0 spiro atoms. The molecular weight excluding hydrogens is 304 g/mol. The van der Waals surface area contributed by atoms with Crippen molar-refractivity contribution in [1.29, 1.82) is 0 Å². The van der Waals surface area contributed by atoms with Crippen molar-refractivity contribution in [1.82, 2.24) is 4.90 Å². The fourth-order valence-corrected chi connectivity index (χ4v) is 2.45. The van der Waals surface area contributed by atoms with Crippen LogP contribution in [0.5, 0.6) is 0 Å². The van der Waals surface area contributed by atoms with E-state index in [0.717, 1.165) is 19.5 Å². The monoisotopic (exact) mass is 321 g/mol. The van der Waals surface area contributed by atoms with Crippen LogP contribution in [-0.4, -0.2) is 37.0 Å². The molecule has 0 aliphatic carbocycles. The van der Waals surface area contributed by atoms with Gasteiger partial charge in [0.2, 0.25) is 5.91 Å². The largest absolute Gasteiger partial charge is 0.330 e. The molecule has 3 N–H and O–H groups in total. The molecule has 1 fully saturated rings. The molecule has 20 heavy (non-hydrogen) atoms. The molecule has 2 rings (SSSR count). The van der Waals surface area contributed by atoms with Gasteiger partial charge in [-0.2, -0.15) is 0 Å². The lowest BCUT2D eigenvalue weighted by atomic mass is 10.1. The molecule has 0 saturated carbocycles. The van der Waals surface area contributed by atoms with Gasteiger partial charge in [-0.25, -0.2) is 4.39 Å². The van der Waals surface area contributed by atoms with E-state index in [9.17, 15) is 9.18 Å². The molecule has 1 amide bonds. The minimum Gasteiger partial charge on any atom is -0.330 e. The molecule has 7 heteroatoms. The molecule has 1 aliphatic rings. The topological polar surface area (TPSA) is 58.4 Å². The first-order valence-electron chi connectivity index (χ1n) is 6.26. The summed E-state index contributed by atoms with van der Waals surface area (Å²) in [6, 6.07) is 3.90. The van der Waals surface area contributed by atoms with Crippen molar-refractivity contribution in [3.63, 3.8) is 0 Å². The van der Waals surface area contributed by atoms with Crippen LogP contribution in [0.4, 0.5) is 10.1 Å². The van der Waals surface area contributed by atoms with E-state index in [1.807, 2.05) is 0 Å². The van der Waals surface area contributed by atoms with Crippen LogP contribution in [0.3, 0.4) is 0 Å². The molecule has 0 bridgehead atoms. The highest BCUT2D eigenvalue weighted by atomic mass is 35.5. The summed E-state index contributed by atoms with van der Waals surface area (Å²) in [4.78, 5) is 13.9. The van der Waals surface area contributed by atoms with Crippen LogP contribution in [0.25, 0.3) is 0 Å². The van der Waals surface area contributed by atoms with Gasteiger partial charge in [0, 0.05) is 6.54 Å². The second-order valence-corrected chi connectivity index (χ2v) is 5.21. The average molecular weight is 322 g/mol. The van der Waals surface area contributed by atoms with Crippen molar-refractivity contribution in [2.75, 3.05) is 31.5 Å². The minimum atomic E-state index is -0.423. The summed E-state index contributed by atoms with van der Waals surface area (Å²) >= 11 is 5.85. The Balaban J connectivity index is 0.00000200. The summed E-state index contributed by atoms with van der Waals surface area (Å²) in [5.41, 5.74) is 6.04. The van der Waals surface area contributed by atoms with Crippen LogP contribution in [0, 0.1) is 11.7 Å². The molecule has 1 saturated heterocycles. The Bertz CT molecular complexity index is 473. The zero-order valence-corrected chi connectivity index (χ0v) is 12.5. The van der Waals surface area contributed by atoms with Gasteiger partial charge in [-0.3, -0.25) is 9.69 Å². The predicted octanol–water partition coefficient (Wildman–Crippen LogP) is 2.12. The number of hydrogen-bond donors (Lipinski definition) is 2. The fraction of sp³-hybridized carbons (Fsp3) is 0.462. The summed E-state index contributed by atoms with van der Waals surface area (Å²) in [7, 11) is 0. The van der Waals surface area contributed by atoms with Gasteiger partial charge in [0.15, 0.2) is 0 Å². The molecule has 1 atom stereocenters. The van der Waals surface area contributed by atoms with Gasteiger partial charge in [0.25, 0.3) is 0 Å². The van der Waals surface area contributed by atoms with Crippen LogP contribution in [0.2, 0.25) is 5.02 Å². The van der Waals surface area contributed by atoms with E-state index in [2.05, 4.69) is 10.2 Å². The van der Waals surface area contributed by atoms with E-state index in [1.165, 1.54) is 18.2 Å². The number of hydrogen-bond acceptors (Lipinski definition) is 3. The molecule has 1 heterocycles. The van der Waals surface area contributed by atoms with Gasteiger partial charge in [0.1, 0.15) is 5.82 Å². The Labute approximate surface area is 128 Å². The molecule has 4 nitrogen and oxygen atoms in total. The zero-order chi connectivity index (χ0) is 13.8. The highest BCUT2D eigenvalue weighted by Gasteiger charge is 2.22. The number of nitrogens with zero attached hydrogens (tertiary/aromatic N) is 1. The first kappa shape index (κ1) is 17.2. The van der Waals surface area contributed by atoms with E-state index in [-0.39, 0.29) is 23.3 Å². The maximum atomic E-state index is 12.9. The third-order valence-corrected chi connectivity index (χ3v) is 3.59. The number of nitrogens with one attached hydrogen (secondary N) is 1. The van der Waals surface area contributed by atoms with Gasteiger partial charge in [0.05, 0.1) is 17.3 Å². The molecule has 1 aromatic rings. The smallest absolute Gasteiger partial charge is 0.238 e. The molecule has 0 aromatic heterocycles. The maximum absolute atomic E-state index is 12.9. The Hall–Kier alpha value is -0.880. The van der Waals surface area contributed by atoms with Crippen LogP contribution in [0.1, 0.15) is 6.42 Å². The van der Waals surface area contributed by atoms with Crippen molar-refractivity contribution in [3.05, 3.63) is 29.0 Å². The summed E-state index contributed by atoms with van der Waals surface area (Å²) in [6.07, 6.45) is 1.03. The molecular formula is C13H18Cl2FN3O. The van der Waals surface area contributed by atoms with Gasteiger partial charge in [-0.1, -0.05) is 11.6 Å². The Morgan fingerprint density at radius 2 is 2.30 bits per heavy atom. The molecule has 1 aliphatic heterocycles. The molecule has 1 unspecified atom stereocenters. The van der Waals surface area contributed by atoms with E-state index < -0.39 is 5.82 Å². The number of halogens is 3.